The zero-order valence-electron chi connectivity index (χ0n) is 38.3. The predicted molar refractivity (Wildman–Crippen MR) is 274 cm³/mol. The minimum atomic E-state index is -2.82. The van der Waals surface area contributed by atoms with E-state index in [1.807, 2.05) is 0 Å². The molecule has 0 saturated heterocycles. The quantitative estimate of drug-likeness (QED) is 0.0879. The van der Waals surface area contributed by atoms with E-state index in [9.17, 15) is 0 Å². The lowest BCUT2D eigenvalue weighted by Crippen LogP contribution is -2.53. The van der Waals surface area contributed by atoms with Gasteiger partial charge < -0.3 is 17.6 Å². The summed E-state index contributed by atoms with van der Waals surface area (Å²) in [4.78, 5) is 3.13. The van der Waals surface area contributed by atoms with Crippen molar-refractivity contribution >= 4 is 80.3 Å². The molecule has 0 unspecified atom stereocenters. The summed E-state index contributed by atoms with van der Waals surface area (Å²) in [6, 6.07) is 48.2. The molecule has 0 amide bonds. The van der Waals surface area contributed by atoms with Gasteiger partial charge in [-0.3, -0.25) is 0 Å². The van der Waals surface area contributed by atoms with Crippen LogP contribution in [-0.4, -0.2) is 71.3 Å². The summed E-state index contributed by atoms with van der Waals surface area (Å²) in [5.74, 6) is 12.1. The van der Waals surface area contributed by atoms with Gasteiger partial charge in [-0.2, -0.15) is 0 Å². The van der Waals surface area contributed by atoms with Crippen LogP contribution in [0.25, 0.3) is 0 Å². The molecule has 4 aromatic rings. The predicted octanol–water partition coefficient (Wildman–Crippen LogP) is 13.3. The molecular weight excluding hydrogens is 817 g/mol. The highest BCUT2D eigenvalue weighted by molar-refractivity contribution is 8.02. The third-order valence-corrected chi connectivity index (χ3v) is 29.5. The van der Waals surface area contributed by atoms with Gasteiger partial charge in [0.15, 0.2) is 16.5 Å². The molecule has 2 aliphatic carbocycles. The lowest BCUT2D eigenvalue weighted by molar-refractivity contribution is 0.158. The monoisotopic (exact) mass is 890 g/mol. The topological polar surface area (TPSA) is 31.2 Å². The molecule has 59 heavy (non-hydrogen) atoms. The molecular formula is C49H74Al2N4P2Si2. The summed E-state index contributed by atoms with van der Waals surface area (Å²) in [6.45, 7) is 15.0. The van der Waals surface area contributed by atoms with Crippen LogP contribution in [0, 0.1) is 0 Å². The normalized spacial score (nSPS) is 15.9. The van der Waals surface area contributed by atoms with Gasteiger partial charge in [-0.1, -0.05) is 211 Å². The molecule has 4 aromatic carbocycles. The molecule has 0 bridgehead atoms. The lowest BCUT2D eigenvalue weighted by atomic mass is 9.94. The van der Waals surface area contributed by atoms with Crippen molar-refractivity contribution in [2.24, 2.45) is 8.82 Å². The maximum Gasteiger partial charge on any atom is 0.408 e. The van der Waals surface area contributed by atoms with E-state index in [0.717, 1.165) is 0 Å². The first-order valence-electron chi connectivity index (χ1n) is 23.0. The first-order valence-corrected chi connectivity index (χ1v) is 39.3. The second-order valence-corrected chi connectivity index (χ2v) is 42.0. The number of rotatable bonds is 15. The van der Waals surface area contributed by atoms with Gasteiger partial charge in [-0.05, 0) is 52.3 Å². The Hall–Kier alpha value is -1.82. The van der Waals surface area contributed by atoms with Crippen molar-refractivity contribution in [3.8, 4) is 0 Å². The van der Waals surface area contributed by atoms with Crippen molar-refractivity contribution < 1.29 is 0 Å². The molecule has 0 N–H and O–H groups in total. The largest absolute Gasteiger partial charge is 0.446 e. The van der Waals surface area contributed by atoms with E-state index in [0.29, 0.717) is 12.1 Å². The highest BCUT2D eigenvalue weighted by atomic mass is 31.2. The van der Waals surface area contributed by atoms with Crippen molar-refractivity contribution in [1.82, 2.24) is 8.78 Å². The third-order valence-electron chi connectivity index (χ3n) is 11.9. The fourth-order valence-corrected chi connectivity index (χ4v) is 32.0. The van der Waals surface area contributed by atoms with Crippen LogP contribution in [-0.2, 0) is 0 Å². The van der Waals surface area contributed by atoms with Gasteiger partial charge in [0.25, 0.3) is 14.1 Å². The summed E-state index contributed by atoms with van der Waals surface area (Å²) >= 11 is -2.67. The molecule has 0 spiro atoms. The van der Waals surface area contributed by atoms with Crippen LogP contribution < -0.4 is 21.2 Å². The number of benzene rings is 4. The Morgan fingerprint density at radius 2 is 0.831 bits per heavy atom. The average Bonchev–Trinajstić information content (AvgIpc) is 3.22. The Morgan fingerprint density at radius 1 is 0.508 bits per heavy atom. The van der Waals surface area contributed by atoms with Gasteiger partial charge in [0, 0.05) is 26.2 Å². The van der Waals surface area contributed by atoms with Gasteiger partial charge in [-0.15, -0.1) is 11.6 Å². The van der Waals surface area contributed by atoms with E-state index in [1.165, 1.54) is 90.8 Å². The van der Waals surface area contributed by atoms with Crippen molar-refractivity contribution in [2.75, 3.05) is 5.41 Å². The molecule has 0 heterocycles. The van der Waals surface area contributed by atoms with E-state index >= 15 is 0 Å². The zero-order chi connectivity index (χ0) is 42.3. The van der Waals surface area contributed by atoms with Gasteiger partial charge in [0.1, 0.15) is 0 Å². The van der Waals surface area contributed by atoms with E-state index in [4.69, 9.17) is 8.82 Å². The van der Waals surface area contributed by atoms with Crippen LogP contribution >= 0.6 is 14.1 Å². The van der Waals surface area contributed by atoms with Crippen molar-refractivity contribution in [2.45, 2.75) is 139 Å². The minimum absolute atomic E-state index is 0.517. The summed E-state index contributed by atoms with van der Waals surface area (Å²) in [5.41, 5.74) is 0. The Labute approximate surface area is 371 Å². The fraction of sp³-hybridized carbons (Fsp3) is 0.469. The van der Waals surface area contributed by atoms with Crippen LogP contribution in [0.3, 0.4) is 0 Å². The Bertz CT molecular complexity index is 1870. The van der Waals surface area contributed by atoms with Crippen molar-refractivity contribution in [3.05, 3.63) is 132 Å². The molecule has 6 rings (SSSR count). The highest BCUT2D eigenvalue weighted by Gasteiger charge is 2.49. The molecule has 10 heteroatoms. The second-order valence-electron chi connectivity index (χ2n) is 19.9. The van der Waals surface area contributed by atoms with Crippen molar-refractivity contribution in [3.63, 3.8) is 0 Å². The highest BCUT2D eigenvalue weighted by Crippen LogP contribution is 2.75. The van der Waals surface area contributed by atoms with Gasteiger partial charge in [-0.25, -0.2) is 0 Å². The van der Waals surface area contributed by atoms with E-state index in [1.54, 1.807) is 10.9 Å². The second kappa shape index (κ2) is 20.6. The van der Waals surface area contributed by atoms with Gasteiger partial charge >= 0.3 is 14.4 Å². The van der Waals surface area contributed by atoms with Crippen LogP contribution in [0.15, 0.2) is 141 Å². The zero-order valence-corrected chi connectivity index (χ0v) is 44.4. The van der Waals surface area contributed by atoms with E-state index in [2.05, 4.69) is 193 Å². The van der Waals surface area contributed by atoms with Crippen LogP contribution in [0.1, 0.15) is 64.2 Å². The van der Waals surface area contributed by atoms with Crippen LogP contribution in [0.2, 0.25) is 62.4 Å². The Balaban J connectivity index is 2.08. The summed E-state index contributed by atoms with van der Waals surface area (Å²) in [6.07, 6.45) is 13.1. The molecule has 0 radical (unpaired) electrons. The number of nitrogens with zero attached hydrogens (tertiary/aromatic N) is 4. The van der Waals surface area contributed by atoms with Gasteiger partial charge in [0.05, 0.1) is 10.9 Å². The fourth-order valence-electron chi connectivity index (χ4n) is 9.87. The standard InChI is InChI=1S/C45H62N4P2Si2.4CH3.2Al/c1-49(39-28-16-9-17-29-39)44(46-38-26-14-8-15-27-38)45(50(47-52(2,3)4,40-30-18-10-19-31-40)41-32-20-11-21-33-41)51(48-53(5,6)7,42-34-22-12-23-35-42)43-36-24-13-25-37-43;;;;;;/h10-13,18-25,30-39H,1,8-9,14-17,26-29H2,2-7H3;4*1H3;;/q-1;;;;;;+1. The summed E-state index contributed by atoms with van der Waals surface area (Å²) < 4.78 is 16.6. The first kappa shape index (κ1) is 46.7. The van der Waals surface area contributed by atoms with Gasteiger partial charge in [0.2, 0.25) is 0 Å². The lowest BCUT2D eigenvalue weighted by Gasteiger charge is -2.53. The average molecular weight is 891 g/mol. The number of hydrogen-bond acceptors (Lipinski definition) is 4. The number of hydrogen-bond donors (Lipinski definition) is 0. The molecule has 4 nitrogen and oxygen atoms in total. The molecule has 0 atom stereocenters. The molecule has 0 aromatic heterocycles. The minimum Gasteiger partial charge on any atom is -0.446 e. The van der Waals surface area contributed by atoms with Crippen LogP contribution in [0.5, 0.6) is 0 Å². The third kappa shape index (κ3) is 11.0. The van der Waals surface area contributed by atoms with Crippen molar-refractivity contribution in [1.29, 1.82) is 0 Å². The maximum absolute atomic E-state index is 6.69. The summed E-state index contributed by atoms with van der Waals surface area (Å²) in [5, 5.41) is 8.35. The molecule has 2 fully saturated rings. The van der Waals surface area contributed by atoms with E-state index in [-0.39, 0.29) is 0 Å². The maximum atomic E-state index is 6.69. The molecule has 2 saturated carbocycles. The van der Waals surface area contributed by atoms with Crippen LogP contribution in [0.4, 0.5) is 0 Å². The molecule has 0 aliphatic heterocycles. The first-order chi connectivity index (χ1) is 28.2. The molecule has 314 valence electrons. The summed E-state index contributed by atoms with van der Waals surface area (Å²) in [7, 11) is -10.1. The molecule has 2 aliphatic rings. The SMILES string of the molecule is [CH3][Al]([CH3])[CH2]N(C(=C(P(=N[Si](C)(C)C)(c1ccccc1)c1ccccc1)P(=N[Si](C)(C)C)(c1ccccc1)c1ccccc1)[N](C1CCCCC1)[Al]([CH3])[CH3])C1CCCCC1. The Kier molecular flexibility index (Phi) is 16.3. The smallest absolute Gasteiger partial charge is 0.408 e. The Morgan fingerprint density at radius 3 is 1.12 bits per heavy atom. The van der Waals surface area contributed by atoms with E-state index < -0.39 is 59.1 Å².